The van der Waals surface area contributed by atoms with Crippen molar-refractivity contribution in [1.29, 1.82) is 0 Å². The highest BCUT2D eigenvalue weighted by atomic mass is 16.5. The predicted molar refractivity (Wildman–Crippen MR) is 75.4 cm³/mol. The molecule has 1 saturated carbocycles. The minimum Gasteiger partial charge on any atom is -0.339 e. The number of fused-ring (bicyclic) bond motifs is 3. The molecular formula is C16H19N3O. The molecule has 1 aromatic carbocycles. The van der Waals surface area contributed by atoms with Crippen LogP contribution in [-0.4, -0.2) is 16.7 Å². The lowest BCUT2D eigenvalue weighted by molar-refractivity contribution is 0.368. The highest BCUT2D eigenvalue weighted by molar-refractivity contribution is 5.42. The zero-order valence-corrected chi connectivity index (χ0v) is 11.5. The van der Waals surface area contributed by atoms with Crippen LogP contribution in [0, 0.1) is 5.92 Å². The summed E-state index contributed by atoms with van der Waals surface area (Å²) in [5.74, 6) is 3.39. The molecule has 1 fully saturated rings. The Balaban J connectivity index is 1.56. The largest absolute Gasteiger partial charge is 0.339 e. The Morgan fingerprint density at radius 3 is 3.05 bits per heavy atom. The van der Waals surface area contributed by atoms with Crippen LogP contribution in [0.4, 0.5) is 0 Å². The minimum absolute atomic E-state index is 0.442. The average molecular weight is 269 g/mol. The van der Waals surface area contributed by atoms with E-state index >= 15 is 0 Å². The molecule has 4 nitrogen and oxygen atoms in total. The molecule has 0 saturated heterocycles. The first-order chi connectivity index (χ1) is 9.88. The van der Waals surface area contributed by atoms with Gasteiger partial charge in [0.05, 0.1) is 0 Å². The number of hydrogen-bond acceptors (Lipinski definition) is 4. The van der Waals surface area contributed by atoms with Crippen molar-refractivity contribution in [3.8, 4) is 0 Å². The number of aromatic nitrogens is 2. The van der Waals surface area contributed by atoms with Gasteiger partial charge in [-0.05, 0) is 48.8 Å². The van der Waals surface area contributed by atoms with E-state index in [2.05, 4.69) is 34.4 Å². The van der Waals surface area contributed by atoms with Gasteiger partial charge < -0.3 is 10.3 Å². The van der Waals surface area contributed by atoms with Crippen LogP contribution in [0.1, 0.15) is 47.5 Å². The smallest absolute Gasteiger partial charge is 0.230 e. The summed E-state index contributed by atoms with van der Waals surface area (Å²) in [4.78, 5) is 4.57. The van der Waals surface area contributed by atoms with Gasteiger partial charge >= 0.3 is 0 Å². The van der Waals surface area contributed by atoms with E-state index in [1.54, 1.807) is 0 Å². The third kappa shape index (κ3) is 1.86. The molecule has 4 rings (SSSR count). The van der Waals surface area contributed by atoms with Gasteiger partial charge in [-0.2, -0.15) is 4.98 Å². The van der Waals surface area contributed by atoms with E-state index in [-0.39, 0.29) is 0 Å². The van der Waals surface area contributed by atoms with E-state index < -0.39 is 0 Å². The van der Waals surface area contributed by atoms with E-state index in [4.69, 9.17) is 10.3 Å². The molecule has 0 spiro atoms. The molecule has 2 N–H and O–H groups in total. The normalized spacial score (nSPS) is 26.9. The van der Waals surface area contributed by atoms with E-state index in [1.807, 2.05) is 0 Å². The average Bonchev–Trinajstić information content (AvgIpc) is 3.06. The zero-order valence-electron chi connectivity index (χ0n) is 11.5. The van der Waals surface area contributed by atoms with Crippen molar-refractivity contribution in [2.45, 2.75) is 37.5 Å². The fourth-order valence-corrected chi connectivity index (χ4v) is 3.67. The van der Waals surface area contributed by atoms with Crippen LogP contribution in [0.25, 0.3) is 0 Å². The number of nitrogens with two attached hydrogens (primary N) is 1. The highest BCUT2D eigenvalue weighted by Gasteiger charge is 2.56. The lowest BCUT2D eigenvalue weighted by Gasteiger charge is -2.13. The quantitative estimate of drug-likeness (QED) is 0.925. The molecule has 1 heterocycles. The molecule has 0 amide bonds. The second kappa shape index (κ2) is 4.70. The molecule has 20 heavy (non-hydrogen) atoms. The molecular weight excluding hydrogens is 250 g/mol. The SMILES string of the molecule is NCCCc1noc(C2C3CCc4ccccc4C32)n1. The molecule has 2 aromatic rings. The Hall–Kier alpha value is -1.68. The summed E-state index contributed by atoms with van der Waals surface area (Å²) < 4.78 is 5.49. The zero-order chi connectivity index (χ0) is 13.5. The molecule has 0 radical (unpaired) electrons. The van der Waals surface area contributed by atoms with Crippen LogP contribution in [0.3, 0.4) is 0 Å². The van der Waals surface area contributed by atoms with Crippen LogP contribution in [0.15, 0.2) is 28.8 Å². The lowest BCUT2D eigenvalue weighted by atomic mass is 9.92. The van der Waals surface area contributed by atoms with Crippen LogP contribution in [-0.2, 0) is 12.8 Å². The highest BCUT2D eigenvalue weighted by Crippen LogP contribution is 2.64. The van der Waals surface area contributed by atoms with Gasteiger partial charge in [-0.15, -0.1) is 0 Å². The van der Waals surface area contributed by atoms with Crippen molar-refractivity contribution in [3.05, 3.63) is 47.1 Å². The van der Waals surface area contributed by atoms with Gasteiger partial charge in [0.15, 0.2) is 5.82 Å². The number of nitrogens with zero attached hydrogens (tertiary/aromatic N) is 2. The summed E-state index contributed by atoms with van der Waals surface area (Å²) in [5.41, 5.74) is 8.51. The second-order valence-corrected chi connectivity index (χ2v) is 5.89. The van der Waals surface area contributed by atoms with Crippen molar-refractivity contribution < 1.29 is 4.52 Å². The van der Waals surface area contributed by atoms with E-state index in [9.17, 15) is 0 Å². The number of rotatable bonds is 4. The van der Waals surface area contributed by atoms with Crippen molar-refractivity contribution in [3.63, 3.8) is 0 Å². The molecule has 104 valence electrons. The summed E-state index contributed by atoms with van der Waals surface area (Å²) in [6.45, 7) is 0.673. The Bertz CT molecular complexity index is 622. The maximum atomic E-state index is 5.52. The fourth-order valence-electron chi connectivity index (χ4n) is 3.67. The summed E-state index contributed by atoms with van der Waals surface area (Å²) >= 11 is 0. The topological polar surface area (TPSA) is 64.9 Å². The van der Waals surface area contributed by atoms with E-state index in [0.717, 1.165) is 24.6 Å². The Kier molecular flexibility index (Phi) is 2.84. The lowest BCUT2D eigenvalue weighted by Crippen LogP contribution is -2.01. The van der Waals surface area contributed by atoms with Gasteiger partial charge in [-0.3, -0.25) is 0 Å². The summed E-state index contributed by atoms with van der Waals surface area (Å²) in [7, 11) is 0. The van der Waals surface area contributed by atoms with Crippen molar-refractivity contribution >= 4 is 0 Å². The van der Waals surface area contributed by atoms with Crippen LogP contribution < -0.4 is 5.73 Å². The third-order valence-electron chi connectivity index (χ3n) is 4.70. The first-order valence-corrected chi connectivity index (χ1v) is 7.49. The molecule has 4 heteroatoms. The van der Waals surface area contributed by atoms with Gasteiger partial charge in [0.25, 0.3) is 0 Å². The maximum Gasteiger partial charge on any atom is 0.230 e. The van der Waals surface area contributed by atoms with Crippen LogP contribution in [0.5, 0.6) is 0 Å². The maximum absolute atomic E-state index is 5.52. The first-order valence-electron chi connectivity index (χ1n) is 7.49. The van der Waals surface area contributed by atoms with Gasteiger partial charge in [0, 0.05) is 12.3 Å². The number of hydrogen-bond donors (Lipinski definition) is 1. The van der Waals surface area contributed by atoms with Crippen molar-refractivity contribution in [2.75, 3.05) is 6.54 Å². The summed E-state index contributed by atoms with van der Waals surface area (Å²) in [6.07, 6.45) is 4.16. The van der Waals surface area contributed by atoms with E-state index in [1.165, 1.54) is 24.0 Å². The summed E-state index contributed by atoms with van der Waals surface area (Å²) in [6, 6.07) is 8.78. The molecule has 2 aliphatic carbocycles. The molecule has 3 atom stereocenters. The number of aryl methyl sites for hydroxylation is 2. The first kappa shape index (κ1) is 12.1. The predicted octanol–water partition coefficient (Wildman–Crippen LogP) is 2.40. The van der Waals surface area contributed by atoms with Gasteiger partial charge in [-0.1, -0.05) is 29.4 Å². The van der Waals surface area contributed by atoms with E-state index in [0.29, 0.717) is 24.3 Å². The molecule has 0 bridgehead atoms. The van der Waals surface area contributed by atoms with Crippen LogP contribution in [0.2, 0.25) is 0 Å². The Morgan fingerprint density at radius 1 is 1.25 bits per heavy atom. The molecule has 1 aromatic heterocycles. The molecule has 0 aliphatic heterocycles. The molecule has 3 unspecified atom stereocenters. The van der Waals surface area contributed by atoms with Gasteiger partial charge in [0.1, 0.15) is 0 Å². The standard InChI is InChI=1S/C16H19N3O/c17-9-3-6-13-18-16(20-19-13)15-12-8-7-10-4-1-2-5-11(10)14(12)15/h1-2,4-5,12,14-15H,3,6-9,17H2. The fraction of sp³-hybridized carbons (Fsp3) is 0.500. The monoisotopic (exact) mass is 269 g/mol. The Labute approximate surface area is 118 Å². The van der Waals surface area contributed by atoms with Crippen molar-refractivity contribution in [1.82, 2.24) is 10.1 Å². The Morgan fingerprint density at radius 2 is 2.15 bits per heavy atom. The van der Waals surface area contributed by atoms with Gasteiger partial charge in [0.2, 0.25) is 5.89 Å². The summed E-state index contributed by atoms with van der Waals surface area (Å²) in [5, 5.41) is 4.09. The number of benzene rings is 1. The molecule has 2 aliphatic rings. The minimum atomic E-state index is 0.442. The van der Waals surface area contributed by atoms with Gasteiger partial charge in [-0.25, -0.2) is 0 Å². The third-order valence-corrected chi connectivity index (χ3v) is 4.70. The van der Waals surface area contributed by atoms with Crippen LogP contribution >= 0.6 is 0 Å². The van der Waals surface area contributed by atoms with Crippen molar-refractivity contribution in [2.24, 2.45) is 11.7 Å². The second-order valence-electron chi connectivity index (χ2n) is 5.89.